The van der Waals surface area contributed by atoms with Crippen LogP contribution in [0.1, 0.15) is 43.1 Å². The molecular formula is C12H17F. The van der Waals surface area contributed by atoms with Gasteiger partial charge in [0.15, 0.2) is 0 Å². The lowest BCUT2D eigenvalue weighted by molar-refractivity contribution is 0.332. The summed E-state index contributed by atoms with van der Waals surface area (Å²) < 4.78 is 13.4. The van der Waals surface area contributed by atoms with E-state index >= 15 is 0 Å². The first-order valence-corrected chi connectivity index (χ1v) is 4.92. The highest BCUT2D eigenvalue weighted by atomic mass is 19.1. The van der Waals surface area contributed by atoms with E-state index in [1.165, 1.54) is 5.56 Å². The number of aryl methyl sites for hydroxylation is 2. The summed E-state index contributed by atoms with van der Waals surface area (Å²) in [6.45, 7) is 5.99. The van der Waals surface area contributed by atoms with E-state index in [-0.39, 0.29) is 0 Å². The van der Waals surface area contributed by atoms with Gasteiger partial charge in [0.2, 0.25) is 0 Å². The molecule has 1 aromatic carbocycles. The van der Waals surface area contributed by atoms with Crippen molar-refractivity contribution in [3.05, 3.63) is 34.9 Å². The Labute approximate surface area is 79.8 Å². The standard InChI is InChI=1S/C12H17F/c1-4-10-8-9(3)6-7-11(10)12(13)5-2/h6-8,12H,4-5H2,1-3H3. The quantitative estimate of drug-likeness (QED) is 0.660. The lowest BCUT2D eigenvalue weighted by atomic mass is 9.98. The van der Waals surface area contributed by atoms with Crippen molar-refractivity contribution in [2.24, 2.45) is 0 Å². The van der Waals surface area contributed by atoms with Crippen molar-refractivity contribution in [1.82, 2.24) is 0 Å². The van der Waals surface area contributed by atoms with Gasteiger partial charge in [-0.15, -0.1) is 0 Å². The molecule has 0 N–H and O–H groups in total. The molecule has 0 aliphatic carbocycles. The van der Waals surface area contributed by atoms with Gasteiger partial charge in [-0.05, 0) is 30.9 Å². The Kier molecular flexibility index (Phi) is 3.47. The van der Waals surface area contributed by atoms with Crippen LogP contribution < -0.4 is 0 Å². The normalized spacial score (nSPS) is 12.9. The highest BCUT2D eigenvalue weighted by Crippen LogP contribution is 2.25. The third-order valence-corrected chi connectivity index (χ3v) is 2.38. The van der Waals surface area contributed by atoms with Gasteiger partial charge in [-0.2, -0.15) is 0 Å². The summed E-state index contributed by atoms with van der Waals surface area (Å²) >= 11 is 0. The van der Waals surface area contributed by atoms with Crippen LogP contribution in [0.15, 0.2) is 18.2 Å². The average molecular weight is 180 g/mol. The van der Waals surface area contributed by atoms with Crippen LogP contribution in [-0.4, -0.2) is 0 Å². The van der Waals surface area contributed by atoms with Gasteiger partial charge >= 0.3 is 0 Å². The molecule has 0 bridgehead atoms. The third-order valence-electron chi connectivity index (χ3n) is 2.38. The van der Waals surface area contributed by atoms with Crippen LogP contribution >= 0.6 is 0 Å². The van der Waals surface area contributed by atoms with E-state index in [1.54, 1.807) is 0 Å². The van der Waals surface area contributed by atoms with Gasteiger partial charge in [0.05, 0.1) is 0 Å². The summed E-state index contributed by atoms with van der Waals surface area (Å²) in [4.78, 5) is 0. The van der Waals surface area contributed by atoms with Gasteiger partial charge < -0.3 is 0 Å². The molecule has 1 aromatic rings. The van der Waals surface area contributed by atoms with Gasteiger partial charge in [-0.25, -0.2) is 4.39 Å². The second-order valence-corrected chi connectivity index (χ2v) is 3.43. The Morgan fingerprint density at radius 1 is 1.31 bits per heavy atom. The van der Waals surface area contributed by atoms with Gasteiger partial charge in [-0.3, -0.25) is 0 Å². The van der Waals surface area contributed by atoms with Gasteiger partial charge in [0.1, 0.15) is 6.17 Å². The monoisotopic (exact) mass is 180 g/mol. The zero-order chi connectivity index (χ0) is 9.84. The number of hydrogen-bond acceptors (Lipinski definition) is 0. The Morgan fingerprint density at radius 3 is 2.54 bits per heavy atom. The minimum Gasteiger partial charge on any atom is -0.242 e. The van der Waals surface area contributed by atoms with E-state index in [9.17, 15) is 4.39 Å². The second-order valence-electron chi connectivity index (χ2n) is 3.43. The first-order valence-electron chi connectivity index (χ1n) is 4.92. The molecule has 0 aliphatic heterocycles. The van der Waals surface area contributed by atoms with Crippen molar-refractivity contribution in [1.29, 1.82) is 0 Å². The lowest BCUT2D eigenvalue weighted by Gasteiger charge is -2.11. The predicted molar refractivity (Wildman–Crippen MR) is 54.7 cm³/mol. The molecule has 0 saturated carbocycles. The zero-order valence-corrected chi connectivity index (χ0v) is 8.60. The Hall–Kier alpha value is -0.850. The number of halogens is 1. The molecule has 0 amide bonds. The number of alkyl halides is 1. The molecule has 13 heavy (non-hydrogen) atoms. The summed E-state index contributed by atoms with van der Waals surface area (Å²) in [6.07, 6.45) is 0.684. The van der Waals surface area contributed by atoms with Crippen LogP contribution in [0.5, 0.6) is 0 Å². The molecule has 0 nitrogen and oxygen atoms in total. The fourth-order valence-corrected chi connectivity index (χ4v) is 1.57. The van der Waals surface area contributed by atoms with Gasteiger partial charge in [0.25, 0.3) is 0 Å². The molecule has 0 saturated heterocycles. The molecule has 0 radical (unpaired) electrons. The van der Waals surface area contributed by atoms with Crippen molar-refractivity contribution < 1.29 is 4.39 Å². The fraction of sp³-hybridized carbons (Fsp3) is 0.500. The summed E-state index contributed by atoms with van der Waals surface area (Å²) in [5, 5.41) is 0. The van der Waals surface area contributed by atoms with E-state index in [0.29, 0.717) is 6.42 Å². The molecule has 0 heterocycles. The number of rotatable bonds is 3. The highest BCUT2D eigenvalue weighted by Gasteiger charge is 2.10. The fourth-order valence-electron chi connectivity index (χ4n) is 1.57. The predicted octanol–water partition coefficient (Wildman–Crippen LogP) is 3.98. The number of hydrogen-bond donors (Lipinski definition) is 0. The van der Waals surface area contributed by atoms with Crippen molar-refractivity contribution in [3.8, 4) is 0 Å². The summed E-state index contributed by atoms with van der Waals surface area (Å²) in [5.74, 6) is 0. The highest BCUT2D eigenvalue weighted by molar-refractivity contribution is 5.33. The second kappa shape index (κ2) is 4.40. The first-order chi connectivity index (χ1) is 6.19. The van der Waals surface area contributed by atoms with Crippen molar-refractivity contribution in [2.45, 2.75) is 39.8 Å². The maximum atomic E-state index is 13.4. The van der Waals surface area contributed by atoms with E-state index in [4.69, 9.17) is 0 Å². The lowest BCUT2D eigenvalue weighted by Crippen LogP contribution is -1.96. The van der Waals surface area contributed by atoms with Crippen molar-refractivity contribution in [2.75, 3.05) is 0 Å². The zero-order valence-electron chi connectivity index (χ0n) is 8.60. The van der Waals surface area contributed by atoms with Crippen LogP contribution in [0.3, 0.4) is 0 Å². The van der Waals surface area contributed by atoms with E-state index in [1.807, 2.05) is 26.0 Å². The van der Waals surface area contributed by atoms with Crippen LogP contribution in [-0.2, 0) is 6.42 Å². The molecule has 1 heteroatoms. The van der Waals surface area contributed by atoms with Crippen molar-refractivity contribution >= 4 is 0 Å². The maximum Gasteiger partial charge on any atom is 0.125 e. The molecule has 0 aliphatic rings. The van der Waals surface area contributed by atoms with E-state index < -0.39 is 6.17 Å². The van der Waals surface area contributed by atoms with Crippen LogP contribution in [0.25, 0.3) is 0 Å². The number of benzene rings is 1. The maximum absolute atomic E-state index is 13.4. The molecule has 0 aromatic heterocycles. The van der Waals surface area contributed by atoms with E-state index in [0.717, 1.165) is 17.5 Å². The minimum absolute atomic E-state index is 0.566. The SMILES string of the molecule is CCc1cc(C)ccc1C(F)CC. The molecule has 1 rings (SSSR count). The average Bonchev–Trinajstić information content (AvgIpc) is 2.16. The molecular weight excluding hydrogens is 163 g/mol. The first kappa shape index (κ1) is 10.2. The largest absolute Gasteiger partial charge is 0.242 e. The Bertz CT molecular complexity index is 278. The molecule has 0 spiro atoms. The van der Waals surface area contributed by atoms with E-state index in [2.05, 4.69) is 13.0 Å². The third kappa shape index (κ3) is 2.30. The Balaban J connectivity index is 3.05. The van der Waals surface area contributed by atoms with Crippen molar-refractivity contribution in [3.63, 3.8) is 0 Å². The smallest absolute Gasteiger partial charge is 0.125 e. The topological polar surface area (TPSA) is 0 Å². The van der Waals surface area contributed by atoms with Crippen LogP contribution in [0.4, 0.5) is 4.39 Å². The molecule has 1 unspecified atom stereocenters. The molecule has 72 valence electrons. The minimum atomic E-state index is -0.796. The van der Waals surface area contributed by atoms with Crippen LogP contribution in [0.2, 0.25) is 0 Å². The summed E-state index contributed by atoms with van der Waals surface area (Å²) in [6, 6.07) is 5.98. The Morgan fingerprint density at radius 2 is 2.00 bits per heavy atom. The summed E-state index contributed by atoms with van der Waals surface area (Å²) in [5.41, 5.74) is 3.23. The van der Waals surface area contributed by atoms with Crippen LogP contribution in [0, 0.1) is 6.92 Å². The van der Waals surface area contributed by atoms with Gasteiger partial charge in [-0.1, -0.05) is 37.6 Å². The molecule has 0 fully saturated rings. The van der Waals surface area contributed by atoms with Gasteiger partial charge in [0, 0.05) is 0 Å². The summed E-state index contributed by atoms with van der Waals surface area (Å²) in [7, 11) is 0. The molecule has 1 atom stereocenters.